The van der Waals surface area contributed by atoms with Crippen LogP contribution in [0, 0.1) is 0 Å². The van der Waals surface area contributed by atoms with E-state index in [1.807, 2.05) is 6.92 Å². The number of nitrogens with one attached hydrogen (secondary N) is 1. The normalized spacial score (nSPS) is 9.77. The highest BCUT2D eigenvalue weighted by atomic mass is 16.5. The summed E-state index contributed by atoms with van der Waals surface area (Å²) in [5, 5.41) is 2.81. The molecule has 0 fully saturated rings. The van der Waals surface area contributed by atoms with Crippen molar-refractivity contribution in [1.29, 1.82) is 0 Å². The lowest BCUT2D eigenvalue weighted by Crippen LogP contribution is -2.38. The fourth-order valence-corrected chi connectivity index (χ4v) is 0.914. The Balaban J connectivity index is 3.45. The van der Waals surface area contributed by atoms with Crippen LogP contribution >= 0.6 is 0 Å². The summed E-state index contributed by atoms with van der Waals surface area (Å²) < 4.78 is 4.89. The first-order valence-corrected chi connectivity index (χ1v) is 4.70. The number of amides is 2. The van der Waals surface area contributed by atoms with E-state index in [2.05, 4.69) is 5.32 Å². The number of methoxy groups -OCH3 is 1. The van der Waals surface area contributed by atoms with Crippen LogP contribution in [0.1, 0.15) is 19.8 Å². The Morgan fingerprint density at radius 1 is 1.54 bits per heavy atom. The quantitative estimate of drug-likeness (QED) is 0.634. The average molecular weight is 188 g/mol. The zero-order chi connectivity index (χ0) is 10.1. The third kappa shape index (κ3) is 6.40. The van der Waals surface area contributed by atoms with Gasteiger partial charge in [-0.05, 0) is 12.8 Å². The maximum atomic E-state index is 11.3. The van der Waals surface area contributed by atoms with Gasteiger partial charge in [0.05, 0.1) is 0 Å². The first-order chi connectivity index (χ1) is 6.22. The fraction of sp³-hybridized carbons (Fsp3) is 0.889. The molecule has 0 aliphatic rings. The lowest BCUT2D eigenvalue weighted by Gasteiger charge is -2.17. The molecule has 0 aromatic rings. The lowest BCUT2D eigenvalue weighted by molar-refractivity contribution is 0.175. The molecule has 0 saturated carbocycles. The van der Waals surface area contributed by atoms with Gasteiger partial charge in [0.2, 0.25) is 0 Å². The second kappa shape index (κ2) is 7.86. The van der Waals surface area contributed by atoms with Crippen molar-refractivity contribution in [2.45, 2.75) is 19.8 Å². The zero-order valence-corrected chi connectivity index (χ0v) is 8.80. The molecule has 2 amide bonds. The fourth-order valence-electron chi connectivity index (χ4n) is 0.914. The van der Waals surface area contributed by atoms with E-state index in [-0.39, 0.29) is 6.03 Å². The maximum absolute atomic E-state index is 11.3. The molecule has 0 aliphatic heterocycles. The molecule has 0 atom stereocenters. The van der Waals surface area contributed by atoms with Crippen molar-refractivity contribution in [1.82, 2.24) is 10.2 Å². The van der Waals surface area contributed by atoms with E-state index in [0.717, 1.165) is 25.9 Å². The molecule has 0 rings (SSSR count). The third-order valence-corrected chi connectivity index (χ3v) is 1.71. The van der Waals surface area contributed by atoms with Crippen molar-refractivity contribution in [3.8, 4) is 0 Å². The predicted molar refractivity (Wildman–Crippen MR) is 52.8 cm³/mol. The van der Waals surface area contributed by atoms with Gasteiger partial charge >= 0.3 is 6.03 Å². The van der Waals surface area contributed by atoms with Crippen LogP contribution in [0.15, 0.2) is 0 Å². The molecule has 4 nitrogen and oxygen atoms in total. The number of hydrogen-bond acceptors (Lipinski definition) is 2. The Kier molecular flexibility index (Phi) is 7.39. The number of hydrogen-bond donors (Lipinski definition) is 1. The SMILES string of the molecule is CCCNC(=O)N(C)CCCOC. The van der Waals surface area contributed by atoms with Gasteiger partial charge in [-0.15, -0.1) is 0 Å². The van der Waals surface area contributed by atoms with E-state index in [0.29, 0.717) is 6.61 Å². The largest absolute Gasteiger partial charge is 0.385 e. The predicted octanol–water partition coefficient (Wildman–Crippen LogP) is 1.07. The molecular formula is C9H20N2O2. The van der Waals surface area contributed by atoms with Crippen LogP contribution in [0.25, 0.3) is 0 Å². The molecular weight excluding hydrogens is 168 g/mol. The van der Waals surface area contributed by atoms with E-state index in [4.69, 9.17) is 4.74 Å². The number of carbonyl (C=O) groups excluding carboxylic acids is 1. The van der Waals surface area contributed by atoms with Crippen LogP contribution in [0.4, 0.5) is 4.79 Å². The molecule has 0 aliphatic carbocycles. The van der Waals surface area contributed by atoms with Gasteiger partial charge in [-0.25, -0.2) is 4.79 Å². The van der Waals surface area contributed by atoms with Crippen molar-refractivity contribution in [3.63, 3.8) is 0 Å². The summed E-state index contributed by atoms with van der Waals surface area (Å²) in [4.78, 5) is 12.9. The smallest absolute Gasteiger partial charge is 0.317 e. The summed E-state index contributed by atoms with van der Waals surface area (Å²) in [7, 11) is 3.46. The molecule has 1 N–H and O–H groups in total. The first kappa shape index (κ1) is 12.2. The summed E-state index contributed by atoms with van der Waals surface area (Å²) in [6, 6.07) is -0.00190. The van der Waals surface area contributed by atoms with Crippen molar-refractivity contribution >= 4 is 6.03 Å². The molecule has 0 bridgehead atoms. The monoisotopic (exact) mass is 188 g/mol. The number of rotatable bonds is 6. The number of urea groups is 1. The van der Waals surface area contributed by atoms with Crippen molar-refractivity contribution in [2.24, 2.45) is 0 Å². The minimum atomic E-state index is -0.00190. The number of nitrogens with zero attached hydrogens (tertiary/aromatic N) is 1. The Bertz CT molecular complexity index is 140. The topological polar surface area (TPSA) is 41.6 Å². The Labute approximate surface area is 80.2 Å². The molecule has 4 heteroatoms. The molecule has 13 heavy (non-hydrogen) atoms. The molecule has 0 spiro atoms. The second-order valence-electron chi connectivity index (χ2n) is 3.00. The van der Waals surface area contributed by atoms with Crippen molar-refractivity contribution in [3.05, 3.63) is 0 Å². The second-order valence-corrected chi connectivity index (χ2v) is 3.00. The van der Waals surface area contributed by atoms with E-state index in [1.54, 1.807) is 19.1 Å². The van der Waals surface area contributed by atoms with Gasteiger partial charge in [0.1, 0.15) is 0 Å². The molecule has 0 heterocycles. The highest BCUT2D eigenvalue weighted by molar-refractivity contribution is 5.73. The first-order valence-electron chi connectivity index (χ1n) is 4.70. The molecule has 0 radical (unpaired) electrons. The Hall–Kier alpha value is -0.770. The highest BCUT2D eigenvalue weighted by Gasteiger charge is 2.05. The molecule has 0 aromatic heterocycles. The molecule has 0 unspecified atom stereocenters. The Morgan fingerprint density at radius 3 is 2.77 bits per heavy atom. The summed E-state index contributed by atoms with van der Waals surface area (Å²) in [5.41, 5.74) is 0. The lowest BCUT2D eigenvalue weighted by atomic mass is 10.4. The Morgan fingerprint density at radius 2 is 2.23 bits per heavy atom. The molecule has 78 valence electrons. The third-order valence-electron chi connectivity index (χ3n) is 1.71. The van der Waals surface area contributed by atoms with E-state index in [9.17, 15) is 4.79 Å². The minimum absolute atomic E-state index is 0.00190. The number of ether oxygens (including phenoxy) is 1. The van der Waals surface area contributed by atoms with E-state index < -0.39 is 0 Å². The van der Waals surface area contributed by atoms with Crippen LogP contribution in [0.2, 0.25) is 0 Å². The highest BCUT2D eigenvalue weighted by Crippen LogP contribution is 1.89. The summed E-state index contributed by atoms with van der Waals surface area (Å²) in [5.74, 6) is 0. The van der Waals surface area contributed by atoms with Gasteiger partial charge < -0.3 is 15.0 Å². The summed E-state index contributed by atoms with van der Waals surface area (Å²) >= 11 is 0. The van der Waals surface area contributed by atoms with Gasteiger partial charge in [0, 0.05) is 33.9 Å². The zero-order valence-electron chi connectivity index (χ0n) is 8.80. The van der Waals surface area contributed by atoms with Crippen LogP contribution in [-0.2, 0) is 4.74 Å². The van der Waals surface area contributed by atoms with Crippen LogP contribution in [-0.4, -0.2) is 44.8 Å². The van der Waals surface area contributed by atoms with Crippen LogP contribution in [0.3, 0.4) is 0 Å². The minimum Gasteiger partial charge on any atom is -0.385 e. The number of carbonyl (C=O) groups is 1. The van der Waals surface area contributed by atoms with Gasteiger partial charge in [-0.2, -0.15) is 0 Å². The van der Waals surface area contributed by atoms with Crippen LogP contribution in [0.5, 0.6) is 0 Å². The van der Waals surface area contributed by atoms with Gasteiger partial charge in [0.25, 0.3) is 0 Å². The maximum Gasteiger partial charge on any atom is 0.317 e. The van der Waals surface area contributed by atoms with Gasteiger partial charge in [-0.1, -0.05) is 6.92 Å². The van der Waals surface area contributed by atoms with Gasteiger partial charge in [-0.3, -0.25) is 0 Å². The summed E-state index contributed by atoms with van der Waals surface area (Å²) in [6.07, 6.45) is 1.85. The van der Waals surface area contributed by atoms with E-state index >= 15 is 0 Å². The van der Waals surface area contributed by atoms with E-state index in [1.165, 1.54) is 0 Å². The summed E-state index contributed by atoms with van der Waals surface area (Å²) in [6.45, 7) is 4.22. The van der Waals surface area contributed by atoms with Gasteiger partial charge in [0.15, 0.2) is 0 Å². The van der Waals surface area contributed by atoms with Crippen molar-refractivity contribution in [2.75, 3.05) is 33.9 Å². The van der Waals surface area contributed by atoms with Crippen LogP contribution < -0.4 is 5.32 Å². The average Bonchev–Trinajstić information content (AvgIpc) is 2.14. The molecule has 0 saturated heterocycles. The standard InChI is InChI=1S/C9H20N2O2/c1-4-6-10-9(12)11(2)7-5-8-13-3/h4-8H2,1-3H3,(H,10,12). The molecule has 0 aromatic carbocycles. The van der Waals surface area contributed by atoms with Crippen molar-refractivity contribution < 1.29 is 9.53 Å².